The van der Waals surface area contributed by atoms with Crippen LogP contribution in [0.2, 0.25) is 5.02 Å². The monoisotopic (exact) mass is 294 g/mol. The van der Waals surface area contributed by atoms with Crippen LogP contribution in [0.25, 0.3) is 0 Å². The normalized spacial score (nSPS) is 15.1. The molecule has 0 saturated carbocycles. The van der Waals surface area contributed by atoms with E-state index >= 15 is 0 Å². The largest absolute Gasteiger partial charge is 0.415 e. The summed E-state index contributed by atoms with van der Waals surface area (Å²) in [6.07, 6.45) is 4.00. The summed E-state index contributed by atoms with van der Waals surface area (Å²) in [7, 11) is 1.48. The van der Waals surface area contributed by atoms with Gasteiger partial charge in [0.1, 0.15) is 12.9 Å². The van der Waals surface area contributed by atoms with E-state index in [-0.39, 0.29) is 6.09 Å². The van der Waals surface area contributed by atoms with E-state index in [9.17, 15) is 4.79 Å². The Morgan fingerprint density at radius 3 is 2.85 bits per heavy atom. The molecule has 2 rings (SSSR count). The minimum atomic E-state index is -0.385. The van der Waals surface area contributed by atoms with Gasteiger partial charge in [-0.2, -0.15) is 0 Å². The van der Waals surface area contributed by atoms with Crippen LogP contribution in [0.3, 0.4) is 0 Å². The molecule has 6 heteroatoms. The first-order valence-electron chi connectivity index (χ1n) is 6.17. The average Bonchev–Trinajstić information content (AvgIpc) is 2.48. The molecule has 1 aliphatic rings. The third-order valence-electron chi connectivity index (χ3n) is 2.78. The number of halogens is 1. The molecule has 1 amide bonds. The van der Waals surface area contributed by atoms with Crippen molar-refractivity contribution < 1.29 is 14.4 Å². The quantitative estimate of drug-likeness (QED) is 0.636. The summed E-state index contributed by atoms with van der Waals surface area (Å²) in [6.45, 7) is 1.08. The Morgan fingerprint density at radius 1 is 1.40 bits per heavy atom. The third kappa shape index (κ3) is 3.99. The van der Waals surface area contributed by atoms with Crippen LogP contribution >= 0.6 is 11.6 Å². The standard InChI is InChI=1S/C14H15ClN2O3/c1-19-16-9-11-3-2-8-17(10-11)14(18)20-13-6-4-12(15)5-7-13/h3-7,9H,2,8,10H2,1H3/b16-9+. The molecule has 1 heterocycles. The Kier molecular flexibility index (Phi) is 5.01. The number of ether oxygens (including phenoxy) is 1. The van der Waals surface area contributed by atoms with E-state index in [2.05, 4.69) is 9.99 Å². The molecular weight excluding hydrogens is 280 g/mol. The van der Waals surface area contributed by atoms with Crippen molar-refractivity contribution in [3.8, 4) is 5.75 Å². The Labute approximate surface area is 122 Å². The van der Waals surface area contributed by atoms with Crippen LogP contribution in [0.15, 0.2) is 41.1 Å². The maximum absolute atomic E-state index is 12.0. The number of nitrogens with zero attached hydrogens (tertiary/aromatic N) is 2. The van der Waals surface area contributed by atoms with Crippen LogP contribution in [0, 0.1) is 0 Å². The lowest BCUT2D eigenvalue weighted by Gasteiger charge is -2.25. The Balaban J connectivity index is 1.94. The predicted octanol–water partition coefficient (Wildman–Crippen LogP) is 3.10. The van der Waals surface area contributed by atoms with Gasteiger partial charge < -0.3 is 14.5 Å². The molecule has 0 N–H and O–H groups in total. The highest BCUT2D eigenvalue weighted by Gasteiger charge is 2.19. The Morgan fingerprint density at radius 2 is 2.15 bits per heavy atom. The van der Waals surface area contributed by atoms with Gasteiger partial charge in [0.2, 0.25) is 0 Å². The average molecular weight is 295 g/mol. The fraction of sp³-hybridized carbons (Fsp3) is 0.286. The van der Waals surface area contributed by atoms with E-state index in [1.807, 2.05) is 6.08 Å². The summed E-state index contributed by atoms with van der Waals surface area (Å²) < 4.78 is 5.29. The molecule has 1 aromatic carbocycles. The highest BCUT2D eigenvalue weighted by molar-refractivity contribution is 6.30. The molecule has 0 aromatic heterocycles. The lowest BCUT2D eigenvalue weighted by Crippen LogP contribution is -2.38. The highest BCUT2D eigenvalue weighted by atomic mass is 35.5. The van der Waals surface area contributed by atoms with Crippen LogP contribution in [-0.4, -0.2) is 37.4 Å². The van der Waals surface area contributed by atoms with Crippen molar-refractivity contribution >= 4 is 23.9 Å². The number of carbonyl (C=O) groups excluding carboxylic acids is 1. The van der Waals surface area contributed by atoms with Gasteiger partial charge in [0, 0.05) is 11.6 Å². The van der Waals surface area contributed by atoms with Crippen molar-refractivity contribution in [2.75, 3.05) is 20.2 Å². The Bertz CT molecular complexity index is 526. The van der Waals surface area contributed by atoms with Crippen LogP contribution in [0.4, 0.5) is 4.79 Å². The van der Waals surface area contributed by atoms with Crippen LogP contribution in [0.5, 0.6) is 5.75 Å². The van der Waals surface area contributed by atoms with Gasteiger partial charge in [-0.15, -0.1) is 0 Å². The number of hydrogen-bond donors (Lipinski definition) is 0. The van der Waals surface area contributed by atoms with E-state index < -0.39 is 0 Å². The van der Waals surface area contributed by atoms with Crippen molar-refractivity contribution in [2.45, 2.75) is 6.42 Å². The number of amides is 1. The van der Waals surface area contributed by atoms with Gasteiger partial charge in [-0.25, -0.2) is 4.79 Å². The second-order valence-corrected chi connectivity index (χ2v) is 4.66. The van der Waals surface area contributed by atoms with Gasteiger partial charge in [-0.3, -0.25) is 0 Å². The summed E-state index contributed by atoms with van der Waals surface area (Å²) in [6, 6.07) is 6.68. The molecule has 1 aliphatic heterocycles. The maximum atomic E-state index is 12.0. The minimum absolute atomic E-state index is 0.385. The number of hydrogen-bond acceptors (Lipinski definition) is 4. The molecule has 0 bridgehead atoms. The Hall–Kier alpha value is -2.01. The number of oxime groups is 1. The van der Waals surface area contributed by atoms with Crippen LogP contribution in [-0.2, 0) is 4.84 Å². The number of carbonyl (C=O) groups is 1. The molecule has 0 fully saturated rings. The first-order valence-corrected chi connectivity index (χ1v) is 6.54. The van der Waals surface area contributed by atoms with E-state index in [1.54, 1.807) is 35.4 Å². The van der Waals surface area contributed by atoms with Gasteiger partial charge in [0.05, 0.1) is 12.8 Å². The molecule has 0 atom stereocenters. The van der Waals surface area contributed by atoms with Gasteiger partial charge >= 0.3 is 6.09 Å². The van der Waals surface area contributed by atoms with Crippen molar-refractivity contribution in [1.82, 2.24) is 4.90 Å². The van der Waals surface area contributed by atoms with Crippen molar-refractivity contribution in [2.24, 2.45) is 5.16 Å². The summed E-state index contributed by atoms with van der Waals surface area (Å²) >= 11 is 5.78. The highest BCUT2D eigenvalue weighted by Crippen LogP contribution is 2.17. The molecule has 0 unspecified atom stereocenters. The summed E-state index contributed by atoms with van der Waals surface area (Å²) in [4.78, 5) is 18.3. The summed E-state index contributed by atoms with van der Waals surface area (Å²) in [5, 5.41) is 4.30. The van der Waals surface area contributed by atoms with Crippen LogP contribution < -0.4 is 4.74 Å². The number of rotatable bonds is 3. The van der Waals surface area contributed by atoms with Gasteiger partial charge in [0.25, 0.3) is 0 Å². The van der Waals surface area contributed by atoms with Crippen molar-refractivity contribution in [3.63, 3.8) is 0 Å². The second-order valence-electron chi connectivity index (χ2n) is 4.23. The molecule has 0 radical (unpaired) electrons. The molecule has 20 heavy (non-hydrogen) atoms. The molecule has 1 aromatic rings. The fourth-order valence-electron chi connectivity index (χ4n) is 1.81. The molecule has 0 spiro atoms. The lowest BCUT2D eigenvalue weighted by atomic mass is 10.1. The van der Waals surface area contributed by atoms with Crippen LogP contribution in [0.1, 0.15) is 6.42 Å². The second kappa shape index (κ2) is 6.96. The van der Waals surface area contributed by atoms with E-state index in [0.29, 0.717) is 23.9 Å². The molecule has 0 aliphatic carbocycles. The predicted molar refractivity (Wildman–Crippen MR) is 77.3 cm³/mol. The number of benzene rings is 1. The van der Waals surface area contributed by atoms with E-state index in [0.717, 1.165) is 12.0 Å². The van der Waals surface area contributed by atoms with E-state index in [4.69, 9.17) is 16.3 Å². The first-order chi connectivity index (χ1) is 9.69. The zero-order valence-electron chi connectivity index (χ0n) is 11.1. The topological polar surface area (TPSA) is 51.1 Å². The van der Waals surface area contributed by atoms with Gasteiger partial charge in [-0.05, 0) is 36.3 Å². The lowest BCUT2D eigenvalue weighted by molar-refractivity contribution is 0.156. The fourth-order valence-corrected chi connectivity index (χ4v) is 1.93. The van der Waals surface area contributed by atoms with Gasteiger partial charge in [-0.1, -0.05) is 22.8 Å². The third-order valence-corrected chi connectivity index (χ3v) is 3.03. The molecular formula is C14H15ClN2O3. The zero-order valence-corrected chi connectivity index (χ0v) is 11.8. The maximum Gasteiger partial charge on any atom is 0.415 e. The van der Waals surface area contributed by atoms with Gasteiger partial charge in [0.15, 0.2) is 0 Å². The minimum Gasteiger partial charge on any atom is -0.410 e. The van der Waals surface area contributed by atoms with E-state index in [1.165, 1.54) is 7.11 Å². The SMILES string of the molecule is CO/N=C/C1=CCCN(C(=O)Oc2ccc(Cl)cc2)C1. The first kappa shape index (κ1) is 14.4. The molecule has 0 saturated heterocycles. The molecule has 5 nitrogen and oxygen atoms in total. The zero-order chi connectivity index (χ0) is 14.4. The summed E-state index contributed by atoms with van der Waals surface area (Å²) in [5.41, 5.74) is 0.922. The smallest absolute Gasteiger partial charge is 0.410 e. The molecule has 106 valence electrons. The van der Waals surface area contributed by atoms with Crippen molar-refractivity contribution in [3.05, 3.63) is 40.9 Å². The van der Waals surface area contributed by atoms with Crippen molar-refractivity contribution in [1.29, 1.82) is 0 Å². The summed E-state index contributed by atoms with van der Waals surface area (Å²) in [5.74, 6) is 0.473.